The first-order valence-electron chi connectivity index (χ1n) is 7.03. The third-order valence-corrected chi connectivity index (χ3v) is 4.27. The second-order valence-electron chi connectivity index (χ2n) is 5.25. The molecule has 1 aliphatic heterocycles. The molecule has 0 aromatic heterocycles. The van der Waals surface area contributed by atoms with Crippen LogP contribution in [0, 0.1) is 5.92 Å². The van der Waals surface area contributed by atoms with Gasteiger partial charge in [-0.05, 0) is 50.2 Å². The number of nitrogens with one attached hydrogen (secondary N) is 1. The monoisotopic (exact) mass is 268 g/mol. The van der Waals surface area contributed by atoms with Crippen LogP contribution in [0.5, 0.6) is 0 Å². The summed E-state index contributed by atoms with van der Waals surface area (Å²) in [5.41, 5.74) is 0. The third-order valence-electron chi connectivity index (χ3n) is 3.81. The lowest BCUT2D eigenvalue weighted by Gasteiger charge is -2.31. The van der Waals surface area contributed by atoms with E-state index in [1.165, 1.54) is 32.1 Å². The Hall–Kier alpha value is -0.610. The minimum Gasteiger partial charge on any atom is -0.376 e. The Morgan fingerprint density at radius 3 is 2.89 bits per heavy atom. The summed E-state index contributed by atoms with van der Waals surface area (Å²) >= 11 is 5.42. The van der Waals surface area contributed by atoms with E-state index in [0.29, 0.717) is 6.10 Å². The fourth-order valence-electron chi connectivity index (χ4n) is 2.77. The Bertz CT molecular complexity index is 300. The second-order valence-corrected chi connectivity index (χ2v) is 5.63. The molecule has 1 fully saturated rings. The predicted molar refractivity (Wildman–Crippen MR) is 78.7 cm³/mol. The molecular formula is C14H24N2OS. The van der Waals surface area contributed by atoms with Crippen LogP contribution in [0.25, 0.3) is 0 Å². The Balaban J connectivity index is 1.87. The third kappa shape index (κ3) is 3.95. The standard InChI is InChI=1S/C14H24N2OS/c1-15-14(18)16(11-13-8-5-9-17-13)10-12-6-3-2-4-7-12/h2-3,12-13H,4-11H2,1H3,(H,15,18). The first-order chi connectivity index (χ1) is 8.79. The number of nitrogens with zero attached hydrogens (tertiary/aromatic N) is 1. The molecule has 2 unspecified atom stereocenters. The van der Waals surface area contributed by atoms with Crippen LogP contribution in [-0.4, -0.2) is 42.9 Å². The van der Waals surface area contributed by atoms with Gasteiger partial charge >= 0.3 is 0 Å². The molecule has 4 heteroatoms. The zero-order valence-electron chi connectivity index (χ0n) is 11.2. The van der Waals surface area contributed by atoms with Crippen LogP contribution < -0.4 is 5.32 Å². The van der Waals surface area contributed by atoms with Crippen LogP contribution in [-0.2, 0) is 4.74 Å². The van der Waals surface area contributed by atoms with Crippen molar-refractivity contribution in [3.05, 3.63) is 12.2 Å². The maximum Gasteiger partial charge on any atom is 0.168 e. The van der Waals surface area contributed by atoms with Crippen molar-refractivity contribution in [2.45, 2.75) is 38.2 Å². The van der Waals surface area contributed by atoms with Crippen molar-refractivity contribution in [2.75, 3.05) is 26.7 Å². The van der Waals surface area contributed by atoms with Gasteiger partial charge in [0.2, 0.25) is 0 Å². The maximum atomic E-state index is 5.72. The largest absolute Gasteiger partial charge is 0.376 e. The molecule has 0 spiro atoms. The zero-order chi connectivity index (χ0) is 12.8. The summed E-state index contributed by atoms with van der Waals surface area (Å²) in [5.74, 6) is 0.739. The average Bonchev–Trinajstić information content (AvgIpc) is 2.91. The number of hydrogen-bond donors (Lipinski definition) is 1. The SMILES string of the molecule is CNC(=S)N(CC1CC=CCC1)CC1CCCO1. The van der Waals surface area contributed by atoms with Crippen molar-refractivity contribution in [3.8, 4) is 0 Å². The highest BCUT2D eigenvalue weighted by Gasteiger charge is 2.23. The highest BCUT2D eigenvalue weighted by Crippen LogP contribution is 2.21. The molecule has 1 N–H and O–H groups in total. The van der Waals surface area contributed by atoms with Gasteiger partial charge in [0.15, 0.2) is 5.11 Å². The highest BCUT2D eigenvalue weighted by atomic mass is 32.1. The zero-order valence-corrected chi connectivity index (χ0v) is 12.0. The summed E-state index contributed by atoms with van der Waals surface area (Å²) in [4.78, 5) is 2.30. The van der Waals surface area contributed by atoms with E-state index in [4.69, 9.17) is 17.0 Å². The molecule has 0 bridgehead atoms. The van der Waals surface area contributed by atoms with Crippen LogP contribution in [0.2, 0.25) is 0 Å². The molecule has 18 heavy (non-hydrogen) atoms. The van der Waals surface area contributed by atoms with Crippen LogP contribution in [0.1, 0.15) is 32.1 Å². The predicted octanol–water partition coefficient (Wildman–Crippen LogP) is 2.33. The normalized spacial score (nSPS) is 27.2. The molecule has 1 saturated heterocycles. The molecule has 3 nitrogen and oxygen atoms in total. The van der Waals surface area contributed by atoms with Gasteiger partial charge in [0.25, 0.3) is 0 Å². The topological polar surface area (TPSA) is 24.5 Å². The van der Waals surface area contributed by atoms with Gasteiger partial charge in [-0.1, -0.05) is 12.2 Å². The van der Waals surface area contributed by atoms with E-state index >= 15 is 0 Å². The summed E-state index contributed by atoms with van der Waals surface area (Å²) in [6, 6.07) is 0. The first kappa shape index (κ1) is 13.8. The van der Waals surface area contributed by atoms with E-state index in [9.17, 15) is 0 Å². The summed E-state index contributed by atoms with van der Waals surface area (Å²) < 4.78 is 5.72. The lowest BCUT2D eigenvalue weighted by atomic mass is 9.94. The average molecular weight is 268 g/mol. The molecule has 1 heterocycles. The van der Waals surface area contributed by atoms with Crippen molar-refractivity contribution < 1.29 is 4.74 Å². The minimum absolute atomic E-state index is 0.371. The molecule has 0 saturated carbocycles. The highest BCUT2D eigenvalue weighted by molar-refractivity contribution is 7.80. The van der Waals surface area contributed by atoms with Gasteiger partial charge in [0.1, 0.15) is 0 Å². The molecule has 2 rings (SSSR count). The summed E-state index contributed by atoms with van der Waals surface area (Å²) in [7, 11) is 1.91. The Morgan fingerprint density at radius 1 is 1.39 bits per heavy atom. The van der Waals surface area contributed by atoms with Crippen molar-refractivity contribution >= 4 is 17.3 Å². The quantitative estimate of drug-likeness (QED) is 0.625. The molecule has 102 valence electrons. The van der Waals surface area contributed by atoms with Crippen LogP contribution in [0.4, 0.5) is 0 Å². The van der Waals surface area contributed by atoms with E-state index in [1.807, 2.05) is 7.05 Å². The van der Waals surface area contributed by atoms with E-state index in [2.05, 4.69) is 22.4 Å². The van der Waals surface area contributed by atoms with E-state index in [1.54, 1.807) is 0 Å². The lowest BCUT2D eigenvalue weighted by molar-refractivity contribution is 0.0875. The van der Waals surface area contributed by atoms with Crippen molar-refractivity contribution in [3.63, 3.8) is 0 Å². The second kappa shape index (κ2) is 7.10. The number of allylic oxidation sites excluding steroid dienone is 2. The van der Waals surface area contributed by atoms with Gasteiger partial charge in [-0.15, -0.1) is 0 Å². The Kier molecular flexibility index (Phi) is 5.45. The number of hydrogen-bond acceptors (Lipinski definition) is 2. The number of thiocarbonyl (C=S) groups is 1. The molecular weight excluding hydrogens is 244 g/mol. The van der Waals surface area contributed by atoms with Crippen molar-refractivity contribution in [1.29, 1.82) is 0 Å². The Morgan fingerprint density at radius 2 is 2.28 bits per heavy atom. The molecule has 0 amide bonds. The van der Waals surface area contributed by atoms with Gasteiger partial charge < -0.3 is 15.0 Å². The molecule has 2 atom stereocenters. The molecule has 0 aromatic carbocycles. The van der Waals surface area contributed by atoms with Gasteiger partial charge in [0.05, 0.1) is 6.10 Å². The minimum atomic E-state index is 0.371. The van der Waals surface area contributed by atoms with E-state index < -0.39 is 0 Å². The molecule has 1 aliphatic carbocycles. The van der Waals surface area contributed by atoms with E-state index in [0.717, 1.165) is 30.7 Å². The maximum absolute atomic E-state index is 5.72. The summed E-state index contributed by atoms with van der Waals surface area (Å²) in [6.45, 7) is 2.92. The van der Waals surface area contributed by atoms with Gasteiger partial charge in [-0.2, -0.15) is 0 Å². The lowest BCUT2D eigenvalue weighted by Crippen LogP contribution is -2.44. The van der Waals surface area contributed by atoms with Crippen LogP contribution in [0.3, 0.4) is 0 Å². The fraction of sp³-hybridized carbons (Fsp3) is 0.786. The fourth-order valence-corrected chi connectivity index (χ4v) is 2.92. The summed E-state index contributed by atoms with van der Waals surface area (Å²) in [5, 5.41) is 3.97. The van der Waals surface area contributed by atoms with Gasteiger partial charge in [-0.25, -0.2) is 0 Å². The van der Waals surface area contributed by atoms with Crippen molar-refractivity contribution in [1.82, 2.24) is 10.2 Å². The molecule has 0 radical (unpaired) electrons. The summed E-state index contributed by atoms with van der Waals surface area (Å²) in [6.07, 6.45) is 11.0. The molecule has 2 aliphatic rings. The van der Waals surface area contributed by atoms with Gasteiger partial charge in [0, 0.05) is 26.7 Å². The van der Waals surface area contributed by atoms with E-state index in [-0.39, 0.29) is 0 Å². The van der Waals surface area contributed by atoms with Crippen molar-refractivity contribution in [2.24, 2.45) is 5.92 Å². The van der Waals surface area contributed by atoms with Crippen LogP contribution in [0.15, 0.2) is 12.2 Å². The Labute approximate surface area is 116 Å². The molecule has 0 aromatic rings. The number of rotatable bonds is 4. The van der Waals surface area contributed by atoms with Gasteiger partial charge in [-0.3, -0.25) is 0 Å². The first-order valence-corrected chi connectivity index (χ1v) is 7.43. The smallest absolute Gasteiger partial charge is 0.168 e. The van der Waals surface area contributed by atoms with Crippen LogP contribution >= 0.6 is 12.2 Å². The number of ether oxygens (including phenoxy) is 1.